The molecular weight excluding hydrogens is 515 g/mol. The number of aryl methyl sites for hydroxylation is 1. The van der Waals surface area contributed by atoms with Gasteiger partial charge in [-0.25, -0.2) is 9.07 Å². The Labute approximate surface area is 231 Å². The van der Waals surface area contributed by atoms with E-state index in [0.717, 1.165) is 22.4 Å². The fourth-order valence-electron chi connectivity index (χ4n) is 4.76. The number of hydrogen-bond acceptors (Lipinski definition) is 5. The van der Waals surface area contributed by atoms with Crippen LogP contribution < -0.4 is 10.2 Å². The van der Waals surface area contributed by atoms with Gasteiger partial charge in [-0.05, 0) is 54.4 Å². The predicted molar refractivity (Wildman–Crippen MR) is 151 cm³/mol. The van der Waals surface area contributed by atoms with E-state index in [1.807, 2.05) is 12.1 Å². The van der Waals surface area contributed by atoms with Crippen molar-refractivity contribution in [3.63, 3.8) is 0 Å². The number of thioether (sulfide) groups is 1. The van der Waals surface area contributed by atoms with Crippen LogP contribution in [0, 0.1) is 12.7 Å². The summed E-state index contributed by atoms with van der Waals surface area (Å²) < 4.78 is 20.9. The molecule has 2 amide bonds. The van der Waals surface area contributed by atoms with Crippen molar-refractivity contribution >= 4 is 29.4 Å². The lowest BCUT2D eigenvalue weighted by atomic mass is 9.86. The lowest BCUT2D eigenvalue weighted by Gasteiger charge is -2.25. The molecule has 0 aliphatic carbocycles. The number of amides is 2. The van der Waals surface area contributed by atoms with Crippen LogP contribution in [0.25, 0.3) is 5.69 Å². The summed E-state index contributed by atoms with van der Waals surface area (Å²) in [7, 11) is 0. The fraction of sp³-hybridized carbons (Fsp3) is 0.300. The molecule has 9 heteroatoms. The first-order valence-electron chi connectivity index (χ1n) is 12.8. The van der Waals surface area contributed by atoms with Crippen molar-refractivity contribution in [2.45, 2.75) is 44.9 Å². The van der Waals surface area contributed by atoms with E-state index in [-0.39, 0.29) is 47.1 Å². The van der Waals surface area contributed by atoms with Gasteiger partial charge in [0, 0.05) is 11.0 Å². The molecule has 202 valence electrons. The third-order valence-corrected chi connectivity index (χ3v) is 7.92. The van der Waals surface area contributed by atoms with Crippen molar-refractivity contribution in [2.75, 3.05) is 17.2 Å². The van der Waals surface area contributed by atoms with Gasteiger partial charge in [-0.1, -0.05) is 45.0 Å². The van der Waals surface area contributed by atoms with Crippen molar-refractivity contribution in [3.8, 4) is 5.69 Å². The van der Waals surface area contributed by atoms with E-state index in [9.17, 15) is 14.0 Å². The molecule has 1 aliphatic rings. The number of carbonyl (C=O) groups is 2. The maximum absolute atomic E-state index is 13.9. The monoisotopic (exact) mass is 546 g/mol. The highest BCUT2D eigenvalue weighted by molar-refractivity contribution is 8.00. The van der Waals surface area contributed by atoms with E-state index < -0.39 is 0 Å². The molecule has 0 fully saturated rings. The van der Waals surface area contributed by atoms with Gasteiger partial charge in [0.05, 0.1) is 35.2 Å². The Morgan fingerprint density at radius 2 is 1.87 bits per heavy atom. The number of halogens is 1. The molecule has 0 bridgehead atoms. The summed E-state index contributed by atoms with van der Waals surface area (Å²) in [5.41, 5.74) is 4.12. The van der Waals surface area contributed by atoms with E-state index in [4.69, 9.17) is 9.52 Å². The van der Waals surface area contributed by atoms with Crippen LogP contribution in [0.2, 0.25) is 0 Å². The largest absolute Gasteiger partial charge is 0.467 e. The number of aromatic nitrogens is 2. The standard InChI is InChI=1S/C30H31FN4O3S/c1-19-8-5-6-10-23(19)27-26-28(30(2,3)4)33-35(21-13-11-20(31)12-14-21)29(26)34(25(37)18-39-27)17-24(36)32-16-22-9-7-15-38-22/h5-15,27H,16-18H2,1-4H3,(H,32,36). The van der Waals surface area contributed by atoms with Crippen LogP contribution in [0.15, 0.2) is 71.3 Å². The van der Waals surface area contributed by atoms with Crippen LogP contribution in [-0.2, 0) is 21.5 Å². The summed E-state index contributed by atoms with van der Waals surface area (Å²) >= 11 is 1.53. The molecule has 5 rings (SSSR count). The molecule has 7 nitrogen and oxygen atoms in total. The Bertz CT molecular complexity index is 1490. The first-order chi connectivity index (χ1) is 18.6. The number of nitrogens with zero attached hydrogens (tertiary/aromatic N) is 3. The topological polar surface area (TPSA) is 80.4 Å². The van der Waals surface area contributed by atoms with Gasteiger partial charge in [-0.15, -0.1) is 11.8 Å². The van der Waals surface area contributed by atoms with Crippen LogP contribution in [-0.4, -0.2) is 33.9 Å². The molecule has 4 aromatic rings. The SMILES string of the molecule is Cc1ccccc1C1SCC(=O)N(CC(=O)NCc2ccco2)c2c1c(C(C)(C)C)nn2-c1ccc(F)cc1. The third kappa shape index (κ3) is 5.49. The summed E-state index contributed by atoms with van der Waals surface area (Å²) in [6.07, 6.45) is 1.55. The smallest absolute Gasteiger partial charge is 0.240 e. The minimum atomic E-state index is -0.378. The maximum Gasteiger partial charge on any atom is 0.240 e. The number of benzene rings is 2. The van der Waals surface area contributed by atoms with Gasteiger partial charge < -0.3 is 9.73 Å². The highest BCUT2D eigenvalue weighted by atomic mass is 32.2. The molecule has 39 heavy (non-hydrogen) atoms. The molecule has 3 heterocycles. The molecule has 0 saturated carbocycles. The van der Waals surface area contributed by atoms with Crippen LogP contribution in [0.5, 0.6) is 0 Å². The summed E-state index contributed by atoms with van der Waals surface area (Å²) in [5.74, 6) is 0.442. The van der Waals surface area contributed by atoms with Crippen LogP contribution >= 0.6 is 11.8 Å². The molecule has 2 aromatic heterocycles. The van der Waals surface area contributed by atoms with E-state index in [2.05, 4.69) is 45.1 Å². The number of rotatable bonds is 6. The van der Waals surface area contributed by atoms with Crippen molar-refractivity contribution in [3.05, 3.63) is 101 Å². The van der Waals surface area contributed by atoms with Crippen molar-refractivity contribution in [1.82, 2.24) is 15.1 Å². The molecule has 1 atom stereocenters. The zero-order chi connectivity index (χ0) is 27.7. The van der Waals surface area contributed by atoms with Crippen LogP contribution in [0.3, 0.4) is 0 Å². The third-order valence-electron chi connectivity index (χ3n) is 6.68. The second-order valence-corrected chi connectivity index (χ2v) is 11.7. The Kier molecular flexibility index (Phi) is 7.36. The van der Waals surface area contributed by atoms with E-state index in [1.54, 1.807) is 35.2 Å². The van der Waals surface area contributed by atoms with Gasteiger partial charge in [-0.2, -0.15) is 5.10 Å². The zero-order valence-corrected chi connectivity index (χ0v) is 23.2. The minimum absolute atomic E-state index is 0.187. The number of furan rings is 1. The first kappa shape index (κ1) is 26.7. The van der Waals surface area contributed by atoms with Crippen molar-refractivity contribution in [1.29, 1.82) is 0 Å². The quantitative estimate of drug-likeness (QED) is 0.336. The molecule has 0 saturated heterocycles. The number of anilines is 1. The average Bonchev–Trinajstić information content (AvgIpc) is 3.53. The summed E-state index contributed by atoms with van der Waals surface area (Å²) in [6.45, 7) is 8.32. The summed E-state index contributed by atoms with van der Waals surface area (Å²) in [5, 5.41) is 7.69. The number of carbonyl (C=O) groups excluding carboxylic acids is 2. The Hall–Kier alpha value is -3.85. The Balaban J connectivity index is 1.68. The van der Waals surface area contributed by atoms with Gasteiger partial charge >= 0.3 is 0 Å². The molecule has 1 N–H and O–H groups in total. The van der Waals surface area contributed by atoms with Gasteiger partial charge in [0.25, 0.3) is 0 Å². The zero-order valence-electron chi connectivity index (χ0n) is 22.4. The highest BCUT2D eigenvalue weighted by Gasteiger charge is 2.40. The molecular formula is C30H31FN4O3S. The maximum atomic E-state index is 13.9. The molecule has 0 radical (unpaired) electrons. The van der Waals surface area contributed by atoms with E-state index in [0.29, 0.717) is 17.3 Å². The van der Waals surface area contributed by atoms with E-state index >= 15 is 0 Å². The van der Waals surface area contributed by atoms with Crippen molar-refractivity contribution in [2.24, 2.45) is 0 Å². The normalized spacial score (nSPS) is 15.7. The van der Waals surface area contributed by atoms with E-state index in [1.165, 1.54) is 28.8 Å². The lowest BCUT2D eigenvalue weighted by molar-refractivity contribution is -0.123. The minimum Gasteiger partial charge on any atom is -0.467 e. The number of fused-ring (bicyclic) bond motifs is 1. The predicted octanol–water partition coefficient (Wildman–Crippen LogP) is 5.70. The van der Waals surface area contributed by atoms with Crippen LogP contribution in [0.4, 0.5) is 10.2 Å². The fourth-order valence-corrected chi connectivity index (χ4v) is 6.05. The first-order valence-corrected chi connectivity index (χ1v) is 13.8. The molecule has 1 aliphatic heterocycles. The Morgan fingerprint density at radius 1 is 1.13 bits per heavy atom. The summed E-state index contributed by atoms with van der Waals surface area (Å²) in [4.78, 5) is 28.4. The molecule has 2 aromatic carbocycles. The Morgan fingerprint density at radius 3 is 2.54 bits per heavy atom. The van der Waals surface area contributed by atoms with Gasteiger partial charge in [-0.3, -0.25) is 14.5 Å². The lowest BCUT2D eigenvalue weighted by Crippen LogP contribution is -2.42. The molecule has 0 spiro atoms. The molecule has 1 unspecified atom stereocenters. The number of hydrogen-bond donors (Lipinski definition) is 1. The van der Waals surface area contributed by atoms with Gasteiger partial charge in [0.1, 0.15) is 23.9 Å². The van der Waals surface area contributed by atoms with Crippen molar-refractivity contribution < 1.29 is 18.4 Å². The summed E-state index contributed by atoms with van der Waals surface area (Å²) in [6, 6.07) is 17.7. The number of nitrogens with one attached hydrogen (secondary N) is 1. The highest BCUT2D eigenvalue weighted by Crippen LogP contribution is 2.49. The second-order valence-electron chi connectivity index (χ2n) is 10.6. The van der Waals surface area contributed by atoms with Crippen LogP contribution in [0.1, 0.15) is 54.2 Å². The second kappa shape index (κ2) is 10.7. The van der Waals surface area contributed by atoms with Gasteiger partial charge in [0.2, 0.25) is 11.8 Å². The van der Waals surface area contributed by atoms with Gasteiger partial charge in [0.15, 0.2) is 0 Å². The average molecular weight is 547 g/mol.